The van der Waals surface area contributed by atoms with Gasteiger partial charge in [0.05, 0.1) is 0 Å². The van der Waals surface area contributed by atoms with Crippen LogP contribution < -0.4 is 0 Å². The molecule has 0 N–H and O–H groups in total. The minimum absolute atomic E-state index is 0.000392. The third-order valence-corrected chi connectivity index (χ3v) is 4.75. The molecule has 1 unspecified atom stereocenters. The summed E-state index contributed by atoms with van der Waals surface area (Å²) in [6, 6.07) is 27.4. The molecule has 3 nitrogen and oxygen atoms in total. The van der Waals surface area contributed by atoms with Crippen molar-refractivity contribution < 1.29 is 0 Å². The lowest BCUT2D eigenvalue weighted by Gasteiger charge is -2.19. The van der Waals surface area contributed by atoms with Crippen molar-refractivity contribution in [3.05, 3.63) is 107 Å². The smallest absolute Gasteiger partial charge is 0.137 e. The van der Waals surface area contributed by atoms with Crippen LogP contribution in [0, 0.1) is 0 Å². The molecule has 0 saturated heterocycles. The molecule has 0 spiro atoms. The summed E-state index contributed by atoms with van der Waals surface area (Å²) in [5.41, 5.74) is 4.76. The summed E-state index contributed by atoms with van der Waals surface area (Å²) in [5, 5.41) is 4.37. The quantitative estimate of drug-likeness (QED) is 0.471. The second-order valence-electron chi connectivity index (χ2n) is 5.82. The molecule has 4 aromatic rings. The SMILES string of the molecule is Brc1ccc(C(c2ccc(-c3ccccc3)cc2)n2cncn2)cc1. The molecular weight excluding hydrogens is 374 g/mol. The fourth-order valence-electron chi connectivity index (χ4n) is 2.98. The molecule has 3 aromatic carbocycles. The van der Waals surface area contributed by atoms with E-state index < -0.39 is 0 Å². The van der Waals surface area contributed by atoms with Gasteiger partial charge in [-0.3, -0.25) is 0 Å². The van der Waals surface area contributed by atoms with Gasteiger partial charge in [-0.15, -0.1) is 0 Å². The number of halogens is 1. The Morgan fingerprint density at radius 2 is 1.32 bits per heavy atom. The number of nitrogens with zero attached hydrogens (tertiary/aromatic N) is 3. The minimum atomic E-state index is 0.000392. The summed E-state index contributed by atoms with van der Waals surface area (Å²) in [5.74, 6) is 0. The van der Waals surface area contributed by atoms with Gasteiger partial charge in [0, 0.05) is 4.47 Å². The Morgan fingerprint density at radius 3 is 1.92 bits per heavy atom. The first-order chi connectivity index (χ1) is 12.3. The molecule has 122 valence electrons. The number of rotatable bonds is 4. The van der Waals surface area contributed by atoms with Crippen molar-refractivity contribution in [3.8, 4) is 11.1 Å². The van der Waals surface area contributed by atoms with Crippen molar-refractivity contribution in [3.63, 3.8) is 0 Å². The predicted molar refractivity (Wildman–Crippen MR) is 103 cm³/mol. The number of aromatic nitrogens is 3. The molecule has 0 fully saturated rings. The fourth-order valence-corrected chi connectivity index (χ4v) is 3.25. The summed E-state index contributed by atoms with van der Waals surface area (Å²) in [6.45, 7) is 0. The Labute approximate surface area is 155 Å². The van der Waals surface area contributed by atoms with Crippen LogP contribution in [0.2, 0.25) is 0 Å². The Kier molecular flexibility index (Phi) is 4.44. The van der Waals surface area contributed by atoms with Crippen molar-refractivity contribution >= 4 is 15.9 Å². The maximum Gasteiger partial charge on any atom is 0.137 e. The first-order valence-corrected chi connectivity index (χ1v) is 8.85. The third kappa shape index (κ3) is 3.39. The summed E-state index contributed by atoms with van der Waals surface area (Å²) in [6.07, 6.45) is 3.34. The van der Waals surface area contributed by atoms with Crippen LogP contribution in [0.5, 0.6) is 0 Å². The zero-order valence-corrected chi connectivity index (χ0v) is 15.0. The molecular formula is C21H16BrN3. The van der Waals surface area contributed by atoms with Crippen molar-refractivity contribution in [1.82, 2.24) is 14.8 Å². The molecule has 0 aliphatic rings. The molecule has 1 heterocycles. The number of benzene rings is 3. The van der Waals surface area contributed by atoms with E-state index >= 15 is 0 Å². The molecule has 0 saturated carbocycles. The standard InChI is InChI=1S/C21H16BrN3/c22-20-12-10-19(11-13-20)21(25-15-23-14-24-25)18-8-6-17(7-9-18)16-4-2-1-3-5-16/h1-15,21H. The number of hydrogen-bond acceptors (Lipinski definition) is 2. The van der Waals surface area contributed by atoms with Gasteiger partial charge < -0.3 is 0 Å². The molecule has 0 aliphatic heterocycles. The van der Waals surface area contributed by atoms with E-state index in [1.807, 2.05) is 10.7 Å². The largest absolute Gasteiger partial charge is 0.241 e. The average Bonchev–Trinajstić information content (AvgIpc) is 3.19. The van der Waals surface area contributed by atoms with Crippen molar-refractivity contribution in [2.24, 2.45) is 0 Å². The maximum absolute atomic E-state index is 4.37. The highest BCUT2D eigenvalue weighted by Crippen LogP contribution is 2.29. The van der Waals surface area contributed by atoms with E-state index in [0.29, 0.717) is 0 Å². The summed E-state index contributed by atoms with van der Waals surface area (Å²) >= 11 is 3.50. The average molecular weight is 390 g/mol. The van der Waals surface area contributed by atoms with Crippen LogP contribution in [0.15, 0.2) is 96.0 Å². The van der Waals surface area contributed by atoms with Gasteiger partial charge in [0.1, 0.15) is 18.7 Å². The first-order valence-electron chi connectivity index (χ1n) is 8.06. The van der Waals surface area contributed by atoms with Crippen LogP contribution in [0.1, 0.15) is 17.2 Å². The first kappa shape index (κ1) is 15.8. The van der Waals surface area contributed by atoms with Gasteiger partial charge >= 0.3 is 0 Å². The van der Waals surface area contributed by atoms with Gasteiger partial charge in [0.25, 0.3) is 0 Å². The van der Waals surface area contributed by atoms with Crippen LogP contribution in [-0.4, -0.2) is 14.8 Å². The lowest BCUT2D eigenvalue weighted by Crippen LogP contribution is -2.12. The molecule has 25 heavy (non-hydrogen) atoms. The second kappa shape index (κ2) is 7.03. The summed E-state index contributed by atoms with van der Waals surface area (Å²) < 4.78 is 2.95. The van der Waals surface area contributed by atoms with Gasteiger partial charge in [-0.25, -0.2) is 9.67 Å². The van der Waals surface area contributed by atoms with Gasteiger partial charge in [0.2, 0.25) is 0 Å². The van der Waals surface area contributed by atoms with Crippen LogP contribution >= 0.6 is 15.9 Å². The monoisotopic (exact) mass is 389 g/mol. The highest BCUT2D eigenvalue weighted by atomic mass is 79.9. The van der Waals surface area contributed by atoms with Crippen LogP contribution in [0.25, 0.3) is 11.1 Å². The minimum Gasteiger partial charge on any atom is -0.241 e. The molecule has 4 heteroatoms. The molecule has 0 bridgehead atoms. The van der Waals surface area contributed by atoms with E-state index in [2.05, 4.69) is 98.8 Å². The lowest BCUT2D eigenvalue weighted by atomic mass is 9.96. The predicted octanol–water partition coefficient (Wildman–Crippen LogP) is 5.35. The van der Waals surface area contributed by atoms with Crippen LogP contribution in [0.3, 0.4) is 0 Å². The highest BCUT2D eigenvalue weighted by molar-refractivity contribution is 9.10. The Morgan fingerprint density at radius 1 is 0.720 bits per heavy atom. The van der Waals surface area contributed by atoms with E-state index in [0.717, 1.165) is 4.47 Å². The molecule has 0 amide bonds. The molecule has 0 aliphatic carbocycles. The van der Waals surface area contributed by atoms with Crippen LogP contribution in [0.4, 0.5) is 0 Å². The topological polar surface area (TPSA) is 30.7 Å². The number of hydrogen-bond donors (Lipinski definition) is 0. The van der Waals surface area contributed by atoms with Gasteiger partial charge in [-0.2, -0.15) is 5.10 Å². The summed E-state index contributed by atoms with van der Waals surface area (Å²) in [4.78, 5) is 4.12. The van der Waals surface area contributed by atoms with Crippen LogP contribution in [-0.2, 0) is 0 Å². The Hall–Kier alpha value is -2.72. The Balaban J connectivity index is 1.74. The van der Waals surface area contributed by atoms with E-state index in [9.17, 15) is 0 Å². The summed E-state index contributed by atoms with van der Waals surface area (Å²) in [7, 11) is 0. The molecule has 4 rings (SSSR count). The van der Waals surface area contributed by atoms with Gasteiger partial charge in [-0.05, 0) is 34.4 Å². The van der Waals surface area contributed by atoms with Gasteiger partial charge in [0.15, 0.2) is 0 Å². The van der Waals surface area contributed by atoms with Gasteiger partial charge in [-0.1, -0.05) is 82.7 Å². The normalized spacial score (nSPS) is 12.0. The fraction of sp³-hybridized carbons (Fsp3) is 0.0476. The molecule has 1 aromatic heterocycles. The zero-order valence-electron chi connectivity index (χ0n) is 13.5. The lowest BCUT2D eigenvalue weighted by molar-refractivity contribution is 0.594. The Bertz CT molecular complexity index is 931. The maximum atomic E-state index is 4.37. The van der Waals surface area contributed by atoms with E-state index in [-0.39, 0.29) is 6.04 Å². The van der Waals surface area contributed by atoms with Crippen molar-refractivity contribution in [2.75, 3.05) is 0 Å². The van der Waals surface area contributed by atoms with E-state index in [1.165, 1.54) is 22.3 Å². The van der Waals surface area contributed by atoms with E-state index in [4.69, 9.17) is 0 Å². The highest BCUT2D eigenvalue weighted by Gasteiger charge is 2.17. The van der Waals surface area contributed by atoms with Crippen molar-refractivity contribution in [2.45, 2.75) is 6.04 Å². The zero-order chi connectivity index (χ0) is 17.1. The van der Waals surface area contributed by atoms with E-state index in [1.54, 1.807) is 12.7 Å². The second-order valence-corrected chi connectivity index (χ2v) is 6.73. The molecule has 0 radical (unpaired) electrons. The van der Waals surface area contributed by atoms with Crippen molar-refractivity contribution in [1.29, 1.82) is 0 Å². The third-order valence-electron chi connectivity index (χ3n) is 4.22. The molecule has 1 atom stereocenters.